The molecule has 0 bridgehead atoms. The number of benzene rings is 1. The van der Waals surface area contributed by atoms with Crippen molar-refractivity contribution >= 4 is 45.6 Å². The highest BCUT2D eigenvalue weighted by Crippen LogP contribution is 2.45. The van der Waals surface area contributed by atoms with Gasteiger partial charge in [-0.1, -0.05) is 18.5 Å². The Morgan fingerprint density at radius 3 is 2.82 bits per heavy atom. The van der Waals surface area contributed by atoms with Crippen molar-refractivity contribution in [1.82, 2.24) is 14.5 Å². The number of nitrogens with zero attached hydrogens (tertiary/aromatic N) is 4. The predicted octanol–water partition coefficient (Wildman–Crippen LogP) is 4.15. The molecule has 6 rings (SSSR count). The van der Waals surface area contributed by atoms with Crippen molar-refractivity contribution < 1.29 is 18.6 Å². The molecule has 1 unspecified atom stereocenters. The van der Waals surface area contributed by atoms with Crippen molar-refractivity contribution in [2.24, 2.45) is 18.9 Å². The number of anilines is 4. The average Bonchev–Trinajstić information content (AvgIpc) is 3.71. The Bertz CT molecular complexity index is 1450. The Hall–Kier alpha value is -3.18. The molecule has 1 saturated carbocycles. The monoisotopic (exact) mass is 546 g/mol. The lowest BCUT2D eigenvalue weighted by molar-refractivity contribution is -0.0579. The minimum absolute atomic E-state index is 0.111. The van der Waals surface area contributed by atoms with Crippen LogP contribution in [-0.2, 0) is 7.05 Å². The van der Waals surface area contributed by atoms with Crippen LogP contribution in [0.2, 0.25) is 5.02 Å². The van der Waals surface area contributed by atoms with E-state index in [0.29, 0.717) is 65.2 Å². The SMILES string of the molecule is C[C@@H]1C[C@H](O)CN(c2ncc(Cl)c(Nc3ccc4c(c3)c3c(c(=O)n4C)OCC(F)(F)C(C4CC4)N3)n2)C1. The topological polar surface area (TPSA) is 105 Å². The van der Waals surface area contributed by atoms with Gasteiger partial charge in [-0.3, -0.25) is 4.79 Å². The van der Waals surface area contributed by atoms with Crippen LogP contribution in [0.3, 0.4) is 0 Å². The summed E-state index contributed by atoms with van der Waals surface area (Å²) in [5, 5.41) is 17.3. The van der Waals surface area contributed by atoms with Gasteiger partial charge in [0.05, 0.1) is 29.5 Å². The lowest BCUT2D eigenvalue weighted by Crippen LogP contribution is -2.44. The Balaban J connectivity index is 1.38. The number of aryl methyl sites for hydroxylation is 1. The van der Waals surface area contributed by atoms with E-state index in [1.54, 1.807) is 25.2 Å². The zero-order valence-corrected chi connectivity index (χ0v) is 21.8. The number of aliphatic hydroxyl groups is 1. The molecular formula is C26H29ClF2N6O3. The molecule has 3 aromatic rings. The van der Waals surface area contributed by atoms with Gasteiger partial charge in [0.25, 0.3) is 5.56 Å². The highest BCUT2D eigenvalue weighted by Gasteiger charge is 2.51. The van der Waals surface area contributed by atoms with Crippen LogP contribution in [0.4, 0.5) is 31.9 Å². The number of nitrogens with one attached hydrogen (secondary N) is 2. The molecule has 2 aromatic heterocycles. The summed E-state index contributed by atoms with van der Waals surface area (Å²) in [5.41, 5.74) is 0.958. The molecule has 2 fully saturated rings. The second-order valence-corrected chi connectivity index (χ2v) is 11.1. The van der Waals surface area contributed by atoms with Gasteiger partial charge in [0, 0.05) is 31.2 Å². The molecule has 3 atom stereocenters. The van der Waals surface area contributed by atoms with Crippen molar-refractivity contribution in [1.29, 1.82) is 0 Å². The maximum absolute atomic E-state index is 14.9. The van der Waals surface area contributed by atoms with E-state index in [4.69, 9.17) is 16.3 Å². The fourth-order valence-electron chi connectivity index (χ4n) is 5.50. The van der Waals surface area contributed by atoms with E-state index in [-0.39, 0.29) is 17.4 Å². The molecule has 1 saturated heterocycles. The second-order valence-electron chi connectivity index (χ2n) is 10.7. The number of aromatic nitrogens is 3. The number of aliphatic hydroxyl groups excluding tert-OH is 1. The molecule has 0 radical (unpaired) electrons. The number of pyridine rings is 1. The van der Waals surface area contributed by atoms with Gasteiger partial charge in [-0.05, 0) is 49.3 Å². The summed E-state index contributed by atoms with van der Waals surface area (Å²) in [6.07, 6.45) is 3.19. The minimum atomic E-state index is -3.11. The smallest absolute Gasteiger partial charge is 0.301 e. The fraction of sp³-hybridized carbons (Fsp3) is 0.500. The Morgan fingerprint density at radius 2 is 2.08 bits per heavy atom. The largest absolute Gasteiger partial charge is 0.480 e. The van der Waals surface area contributed by atoms with Crippen LogP contribution in [-0.4, -0.2) is 57.4 Å². The molecule has 4 heterocycles. The number of ether oxygens (including phenoxy) is 1. The van der Waals surface area contributed by atoms with Gasteiger partial charge in [0.2, 0.25) is 11.7 Å². The summed E-state index contributed by atoms with van der Waals surface area (Å²) in [6, 6.07) is 4.16. The van der Waals surface area contributed by atoms with E-state index in [0.717, 1.165) is 6.42 Å². The summed E-state index contributed by atoms with van der Waals surface area (Å²) in [6.45, 7) is 2.36. The van der Waals surface area contributed by atoms with Crippen molar-refractivity contribution in [3.8, 4) is 5.75 Å². The average molecular weight is 547 g/mol. The first-order valence-electron chi connectivity index (χ1n) is 12.8. The molecule has 2 aliphatic heterocycles. The lowest BCUT2D eigenvalue weighted by Gasteiger charge is -2.34. The fourth-order valence-corrected chi connectivity index (χ4v) is 5.64. The van der Waals surface area contributed by atoms with Crippen molar-refractivity contribution in [2.75, 3.05) is 35.2 Å². The number of rotatable bonds is 4. The van der Waals surface area contributed by atoms with Gasteiger partial charge in [-0.15, -0.1) is 0 Å². The van der Waals surface area contributed by atoms with E-state index >= 15 is 0 Å². The Morgan fingerprint density at radius 1 is 1.29 bits per heavy atom. The minimum Gasteiger partial charge on any atom is -0.480 e. The van der Waals surface area contributed by atoms with Gasteiger partial charge < -0.3 is 29.9 Å². The molecule has 3 aliphatic rings. The highest BCUT2D eigenvalue weighted by molar-refractivity contribution is 6.32. The summed E-state index contributed by atoms with van der Waals surface area (Å²) < 4.78 is 36.7. The molecular weight excluding hydrogens is 518 g/mol. The molecule has 1 aromatic carbocycles. The van der Waals surface area contributed by atoms with Crippen LogP contribution in [0.15, 0.2) is 29.2 Å². The third-order valence-corrected chi connectivity index (χ3v) is 7.80. The summed E-state index contributed by atoms with van der Waals surface area (Å²) in [5.74, 6) is -2.29. The molecule has 38 heavy (non-hydrogen) atoms. The number of hydrogen-bond acceptors (Lipinski definition) is 8. The number of piperidine rings is 1. The standard InChI is InChI=1S/C26H29ClF2N6O3/c1-13-7-16(36)11-35(10-13)25-30-9-18(27)23(33-25)31-15-5-6-19-17(8-15)20-21(24(37)34(19)2)38-12-26(28,29)22(32-20)14-3-4-14/h5-6,8-9,13-14,16,22,32,36H,3-4,7,10-12H2,1-2H3,(H,30,31,33)/t13-,16+,22?/m1/s1. The van der Waals surface area contributed by atoms with E-state index in [1.807, 2.05) is 4.90 Å². The molecule has 202 valence electrons. The predicted molar refractivity (Wildman–Crippen MR) is 142 cm³/mol. The normalized spacial score (nSPS) is 24.8. The summed E-state index contributed by atoms with van der Waals surface area (Å²) in [4.78, 5) is 23.9. The summed E-state index contributed by atoms with van der Waals surface area (Å²) in [7, 11) is 1.59. The van der Waals surface area contributed by atoms with E-state index in [2.05, 4.69) is 27.5 Å². The van der Waals surface area contributed by atoms with Crippen molar-refractivity contribution in [3.63, 3.8) is 0 Å². The van der Waals surface area contributed by atoms with Crippen LogP contribution < -0.4 is 25.8 Å². The lowest BCUT2D eigenvalue weighted by atomic mass is 9.98. The summed E-state index contributed by atoms with van der Waals surface area (Å²) >= 11 is 6.42. The van der Waals surface area contributed by atoms with Gasteiger partial charge >= 0.3 is 5.92 Å². The third-order valence-electron chi connectivity index (χ3n) is 7.53. The van der Waals surface area contributed by atoms with Gasteiger partial charge in [0.1, 0.15) is 5.02 Å². The maximum Gasteiger partial charge on any atom is 0.301 e. The molecule has 1 aliphatic carbocycles. The highest BCUT2D eigenvalue weighted by atomic mass is 35.5. The first-order chi connectivity index (χ1) is 18.1. The molecule has 0 amide bonds. The third kappa shape index (κ3) is 4.51. The van der Waals surface area contributed by atoms with Crippen molar-refractivity contribution in [2.45, 2.75) is 44.3 Å². The van der Waals surface area contributed by atoms with Gasteiger partial charge in [-0.2, -0.15) is 4.98 Å². The van der Waals surface area contributed by atoms with Crippen LogP contribution >= 0.6 is 11.6 Å². The van der Waals surface area contributed by atoms with Crippen LogP contribution in [0.1, 0.15) is 26.2 Å². The molecule has 9 nitrogen and oxygen atoms in total. The van der Waals surface area contributed by atoms with Crippen molar-refractivity contribution in [3.05, 3.63) is 39.8 Å². The number of alkyl halides is 2. The van der Waals surface area contributed by atoms with E-state index < -0.39 is 30.2 Å². The number of hydrogen-bond donors (Lipinski definition) is 3. The zero-order valence-electron chi connectivity index (χ0n) is 21.0. The quantitative estimate of drug-likeness (QED) is 0.448. The number of halogens is 3. The van der Waals surface area contributed by atoms with E-state index in [1.165, 1.54) is 10.8 Å². The number of fused-ring (bicyclic) bond motifs is 3. The van der Waals surface area contributed by atoms with Crippen LogP contribution in [0.25, 0.3) is 10.9 Å². The maximum atomic E-state index is 14.9. The second kappa shape index (κ2) is 9.23. The molecule has 12 heteroatoms. The van der Waals surface area contributed by atoms with Gasteiger partial charge in [0.15, 0.2) is 12.4 Å². The van der Waals surface area contributed by atoms with E-state index in [9.17, 15) is 18.7 Å². The Labute approximate surface area is 222 Å². The first-order valence-corrected chi connectivity index (χ1v) is 13.1. The number of β-amino-alcohol motifs (C(OH)–C–C–N with tert-alkyl or cyclic N) is 1. The van der Waals surface area contributed by atoms with Crippen LogP contribution in [0, 0.1) is 11.8 Å². The first kappa shape index (κ1) is 25.1. The van der Waals surface area contributed by atoms with Crippen LogP contribution in [0.5, 0.6) is 5.75 Å². The molecule has 3 N–H and O–H groups in total. The van der Waals surface area contributed by atoms with Gasteiger partial charge in [-0.25, -0.2) is 13.8 Å². The zero-order chi connectivity index (χ0) is 26.8. The molecule has 0 spiro atoms. The Kier molecular flexibility index (Phi) is 6.10.